The maximum Gasteiger partial charge on any atom is 0.244 e. The number of hydrogen-bond donors (Lipinski definition) is 2. The van der Waals surface area contributed by atoms with Crippen LogP contribution in [0.3, 0.4) is 0 Å². The van der Waals surface area contributed by atoms with Gasteiger partial charge in [0.2, 0.25) is 5.95 Å². The Kier molecular flexibility index (Phi) is 2.55. The summed E-state index contributed by atoms with van der Waals surface area (Å²) in [6.07, 6.45) is 3.80. The number of aromatic amines is 1. The zero-order chi connectivity index (χ0) is 11.0. The van der Waals surface area contributed by atoms with Crippen molar-refractivity contribution in [2.45, 2.75) is 32.2 Å². The molecule has 0 amide bonds. The summed E-state index contributed by atoms with van der Waals surface area (Å²) in [5.74, 6) is 2.80. The predicted molar refractivity (Wildman–Crippen MR) is 62.5 cm³/mol. The highest BCUT2D eigenvalue weighted by Gasteiger charge is 2.24. The van der Waals surface area contributed by atoms with E-state index in [1.807, 2.05) is 0 Å². The summed E-state index contributed by atoms with van der Waals surface area (Å²) >= 11 is 0. The molecule has 16 heavy (non-hydrogen) atoms. The van der Waals surface area contributed by atoms with E-state index >= 15 is 0 Å². The maximum atomic E-state index is 4.58. The first-order valence-electron chi connectivity index (χ1n) is 6.21. The third-order valence-corrected chi connectivity index (χ3v) is 3.35. The molecule has 1 aromatic rings. The summed E-state index contributed by atoms with van der Waals surface area (Å²) in [4.78, 5) is 6.84. The van der Waals surface area contributed by atoms with Crippen LogP contribution in [0.1, 0.15) is 25.6 Å². The van der Waals surface area contributed by atoms with Crippen LogP contribution >= 0.6 is 0 Å². The van der Waals surface area contributed by atoms with Crippen molar-refractivity contribution in [3.63, 3.8) is 0 Å². The lowest BCUT2D eigenvalue weighted by atomic mass is 10.2. The minimum Gasteiger partial charge on any atom is -0.337 e. The van der Waals surface area contributed by atoms with Crippen LogP contribution in [0.15, 0.2) is 0 Å². The number of nitrogens with one attached hydrogen (secondary N) is 2. The van der Waals surface area contributed by atoms with E-state index in [0.717, 1.165) is 43.7 Å². The second-order valence-corrected chi connectivity index (χ2v) is 5.03. The number of piperazine rings is 1. The first-order chi connectivity index (χ1) is 7.81. The van der Waals surface area contributed by atoms with E-state index in [1.165, 1.54) is 12.8 Å². The minimum absolute atomic E-state index is 0.527. The highest BCUT2D eigenvalue weighted by atomic mass is 15.4. The van der Waals surface area contributed by atoms with Gasteiger partial charge >= 0.3 is 0 Å². The van der Waals surface area contributed by atoms with Gasteiger partial charge in [0.05, 0.1) is 0 Å². The van der Waals surface area contributed by atoms with Gasteiger partial charge in [0.25, 0.3) is 0 Å². The van der Waals surface area contributed by atoms with E-state index < -0.39 is 0 Å². The standard InChI is InChI=1S/C11H19N5/c1-8-7-16(5-4-12-8)11-13-10(14-15-11)6-9-2-3-9/h8-9,12H,2-7H2,1H3,(H,13,14,15). The molecule has 0 bridgehead atoms. The third-order valence-electron chi connectivity index (χ3n) is 3.35. The van der Waals surface area contributed by atoms with Crippen LogP contribution in [0.5, 0.6) is 0 Å². The fraction of sp³-hybridized carbons (Fsp3) is 0.818. The van der Waals surface area contributed by atoms with Crippen molar-refractivity contribution in [2.75, 3.05) is 24.5 Å². The number of nitrogens with zero attached hydrogens (tertiary/aromatic N) is 3. The van der Waals surface area contributed by atoms with Gasteiger partial charge in [-0.3, -0.25) is 5.10 Å². The van der Waals surface area contributed by atoms with Crippen molar-refractivity contribution in [1.29, 1.82) is 0 Å². The molecule has 1 saturated carbocycles. The maximum absolute atomic E-state index is 4.58. The molecule has 2 fully saturated rings. The molecule has 3 rings (SSSR count). The lowest BCUT2D eigenvalue weighted by Crippen LogP contribution is -2.49. The highest BCUT2D eigenvalue weighted by molar-refractivity contribution is 5.30. The van der Waals surface area contributed by atoms with E-state index in [2.05, 4.69) is 32.3 Å². The average Bonchev–Trinajstić information content (AvgIpc) is 2.94. The van der Waals surface area contributed by atoms with E-state index in [-0.39, 0.29) is 0 Å². The molecular weight excluding hydrogens is 202 g/mol. The van der Waals surface area contributed by atoms with Gasteiger partial charge < -0.3 is 10.2 Å². The van der Waals surface area contributed by atoms with Crippen molar-refractivity contribution in [1.82, 2.24) is 20.5 Å². The van der Waals surface area contributed by atoms with Crippen LogP contribution in [0, 0.1) is 5.92 Å². The van der Waals surface area contributed by atoms with Crippen LogP contribution in [0.2, 0.25) is 0 Å². The lowest BCUT2D eigenvalue weighted by molar-refractivity contribution is 0.479. The van der Waals surface area contributed by atoms with E-state index in [9.17, 15) is 0 Å². The summed E-state index contributed by atoms with van der Waals surface area (Å²) in [6.45, 7) is 5.23. The van der Waals surface area contributed by atoms with Crippen molar-refractivity contribution < 1.29 is 0 Å². The van der Waals surface area contributed by atoms with Gasteiger partial charge in [-0.1, -0.05) is 0 Å². The zero-order valence-electron chi connectivity index (χ0n) is 9.74. The fourth-order valence-corrected chi connectivity index (χ4v) is 2.23. The molecule has 1 unspecified atom stereocenters. The van der Waals surface area contributed by atoms with Crippen molar-refractivity contribution in [3.8, 4) is 0 Å². The molecule has 0 spiro atoms. The summed E-state index contributed by atoms with van der Waals surface area (Å²) < 4.78 is 0. The second kappa shape index (κ2) is 4.05. The molecular formula is C11H19N5. The van der Waals surface area contributed by atoms with Crippen molar-refractivity contribution >= 4 is 5.95 Å². The Morgan fingerprint density at radius 1 is 1.44 bits per heavy atom. The number of anilines is 1. The Labute approximate surface area is 95.6 Å². The Morgan fingerprint density at radius 2 is 2.31 bits per heavy atom. The van der Waals surface area contributed by atoms with Gasteiger partial charge in [0.1, 0.15) is 5.82 Å². The normalized spacial score (nSPS) is 26.1. The van der Waals surface area contributed by atoms with Gasteiger partial charge in [-0.05, 0) is 25.7 Å². The quantitative estimate of drug-likeness (QED) is 0.783. The molecule has 5 heteroatoms. The second-order valence-electron chi connectivity index (χ2n) is 5.03. The molecule has 2 N–H and O–H groups in total. The molecule has 1 aromatic heterocycles. The Morgan fingerprint density at radius 3 is 3.06 bits per heavy atom. The van der Waals surface area contributed by atoms with E-state index in [4.69, 9.17) is 0 Å². The van der Waals surface area contributed by atoms with E-state index in [1.54, 1.807) is 0 Å². The van der Waals surface area contributed by atoms with Crippen LogP contribution in [0.25, 0.3) is 0 Å². The summed E-state index contributed by atoms with van der Waals surface area (Å²) in [7, 11) is 0. The molecule has 1 aliphatic heterocycles. The Bertz CT molecular complexity index is 357. The predicted octanol–water partition coefficient (Wildman–Crippen LogP) is 0.555. The molecule has 1 atom stereocenters. The van der Waals surface area contributed by atoms with Crippen LogP contribution < -0.4 is 10.2 Å². The first kappa shape index (κ1) is 10.1. The summed E-state index contributed by atoms with van der Waals surface area (Å²) in [6, 6.07) is 0.527. The SMILES string of the molecule is CC1CN(c2n[nH]c(CC3CC3)n2)CCN1. The molecule has 1 saturated heterocycles. The van der Waals surface area contributed by atoms with Gasteiger partial charge in [-0.2, -0.15) is 4.98 Å². The zero-order valence-corrected chi connectivity index (χ0v) is 9.74. The molecule has 2 aliphatic rings. The van der Waals surface area contributed by atoms with Crippen molar-refractivity contribution in [3.05, 3.63) is 5.82 Å². The van der Waals surface area contributed by atoms with Gasteiger partial charge in [0.15, 0.2) is 0 Å². The van der Waals surface area contributed by atoms with E-state index in [0.29, 0.717) is 6.04 Å². The lowest BCUT2D eigenvalue weighted by Gasteiger charge is -2.30. The van der Waals surface area contributed by atoms with Crippen LogP contribution in [0.4, 0.5) is 5.95 Å². The highest BCUT2D eigenvalue weighted by Crippen LogP contribution is 2.31. The topological polar surface area (TPSA) is 56.8 Å². The molecule has 2 heterocycles. The largest absolute Gasteiger partial charge is 0.337 e. The smallest absolute Gasteiger partial charge is 0.244 e. The number of rotatable bonds is 3. The Hall–Kier alpha value is -1.10. The van der Waals surface area contributed by atoms with Crippen LogP contribution in [-0.2, 0) is 6.42 Å². The number of hydrogen-bond acceptors (Lipinski definition) is 4. The molecule has 5 nitrogen and oxygen atoms in total. The minimum atomic E-state index is 0.527. The van der Waals surface area contributed by atoms with Gasteiger partial charge in [-0.25, -0.2) is 0 Å². The van der Waals surface area contributed by atoms with Crippen molar-refractivity contribution in [2.24, 2.45) is 5.92 Å². The molecule has 1 aliphatic carbocycles. The van der Waals surface area contributed by atoms with Gasteiger partial charge in [-0.15, -0.1) is 5.10 Å². The summed E-state index contributed by atoms with van der Waals surface area (Å²) in [5, 5.41) is 10.8. The van der Waals surface area contributed by atoms with Gasteiger partial charge in [0, 0.05) is 32.1 Å². The summed E-state index contributed by atoms with van der Waals surface area (Å²) in [5.41, 5.74) is 0. The molecule has 88 valence electrons. The first-order valence-corrected chi connectivity index (χ1v) is 6.21. The third kappa shape index (κ3) is 2.19. The Balaban J connectivity index is 1.65. The number of H-pyrrole nitrogens is 1. The molecule has 0 aromatic carbocycles. The monoisotopic (exact) mass is 221 g/mol. The fourth-order valence-electron chi connectivity index (χ4n) is 2.23. The average molecular weight is 221 g/mol. The van der Waals surface area contributed by atoms with Crippen LogP contribution in [-0.4, -0.2) is 40.9 Å². The number of aromatic nitrogens is 3. The molecule has 0 radical (unpaired) electrons.